The first-order valence-electron chi connectivity index (χ1n) is 6.53. The Morgan fingerprint density at radius 2 is 1.33 bits per heavy atom. The third kappa shape index (κ3) is 5.99. The SMILES string of the molecule is C#CC#CC#CC#CC#CC#COC1OC(CO)C(O)C(O)C1O. The second-order valence-corrected chi connectivity index (χ2v) is 4.19. The number of ether oxygens (including phenoxy) is 2. The molecule has 0 aliphatic carbocycles. The number of hydrogen-bond acceptors (Lipinski definition) is 6. The van der Waals surface area contributed by atoms with Gasteiger partial charge >= 0.3 is 0 Å². The molecule has 1 fully saturated rings. The highest BCUT2D eigenvalue weighted by Gasteiger charge is 2.44. The molecular weight excluding hydrogens is 312 g/mol. The van der Waals surface area contributed by atoms with Crippen LogP contribution in [0.15, 0.2) is 0 Å². The van der Waals surface area contributed by atoms with Crippen molar-refractivity contribution in [1.82, 2.24) is 0 Å². The lowest BCUT2D eigenvalue weighted by Gasteiger charge is -2.38. The fraction of sp³-hybridized carbons (Fsp3) is 0.333. The summed E-state index contributed by atoms with van der Waals surface area (Å²) in [5.74, 6) is 23.3. The number of hydrogen-bond donors (Lipinski definition) is 4. The summed E-state index contributed by atoms with van der Waals surface area (Å²) < 4.78 is 9.95. The Labute approximate surface area is 139 Å². The van der Waals surface area contributed by atoms with E-state index in [1.165, 1.54) is 0 Å². The lowest BCUT2D eigenvalue weighted by atomic mass is 9.99. The van der Waals surface area contributed by atoms with Crippen LogP contribution < -0.4 is 0 Å². The van der Waals surface area contributed by atoms with Gasteiger partial charge in [0.15, 0.2) is 0 Å². The van der Waals surface area contributed by atoms with Crippen LogP contribution in [0.5, 0.6) is 0 Å². The summed E-state index contributed by atoms with van der Waals surface area (Å²) in [4.78, 5) is 0. The summed E-state index contributed by atoms with van der Waals surface area (Å²) in [7, 11) is 0. The molecule has 1 aliphatic heterocycles. The van der Waals surface area contributed by atoms with E-state index in [4.69, 9.17) is 21.0 Å². The van der Waals surface area contributed by atoms with Crippen LogP contribution in [0.1, 0.15) is 0 Å². The van der Waals surface area contributed by atoms with Crippen molar-refractivity contribution in [3.63, 3.8) is 0 Å². The van der Waals surface area contributed by atoms with Crippen LogP contribution in [0.4, 0.5) is 0 Å². The third-order valence-corrected chi connectivity index (χ3v) is 2.65. The van der Waals surface area contributed by atoms with Crippen molar-refractivity contribution >= 4 is 0 Å². The zero-order chi connectivity index (χ0) is 17.8. The largest absolute Gasteiger partial charge is 0.411 e. The molecule has 5 unspecified atom stereocenters. The minimum absolute atomic E-state index is 0.555. The van der Waals surface area contributed by atoms with E-state index >= 15 is 0 Å². The van der Waals surface area contributed by atoms with Crippen LogP contribution in [0.3, 0.4) is 0 Å². The average molecular weight is 324 g/mol. The first-order chi connectivity index (χ1) is 11.6. The Balaban J connectivity index is 2.55. The maximum Gasteiger partial charge on any atom is 0.239 e. The molecule has 0 saturated carbocycles. The number of rotatable bonds is 2. The van der Waals surface area contributed by atoms with E-state index in [9.17, 15) is 15.3 Å². The van der Waals surface area contributed by atoms with Crippen LogP contribution in [0.2, 0.25) is 0 Å². The van der Waals surface area contributed by atoms with Gasteiger partial charge in [-0.3, -0.25) is 0 Å². The Kier molecular flexibility index (Phi) is 8.43. The maximum atomic E-state index is 9.68. The van der Waals surface area contributed by atoms with Crippen molar-refractivity contribution < 1.29 is 29.9 Å². The molecule has 5 atom stereocenters. The van der Waals surface area contributed by atoms with E-state index in [1.54, 1.807) is 0 Å². The van der Waals surface area contributed by atoms with Crippen LogP contribution in [-0.2, 0) is 9.47 Å². The number of terminal acetylenes is 1. The van der Waals surface area contributed by atoms with Crippen molar-refractivity contribution in [2.75, 3.05) is 6.61 Å². The molecule has 1 saturated heterocycles. The van der Waals surface area contributed by atoms with E-state index < -0.39 is 37.3 Å². The zero-order valence-corrected chi connectivity index (χ0v) is 12.3. The Hall–Kier alpha value is -3.04. The van der Waals surface area contributed by atoms with Crippen LogP contribution >= 0.6 is 0 Å². The molecule has 4 N–H and O–H groups in total. The van der Waals surface area contributed by atoms with Gasteiger partial charge < -0.3 is 29.9 Å². The quantitative estimate of drug-likeness (QED) is 0.416. The highest BCUT2D eigenvalue weighted by Crippen LogP contribution is 2.21. The molecule has 0 aromatic carbocycles. The predicted molar refractivity (Wildman–Crippen MR) is 82.6 cm³/mol. The van der Waals surface area contributed by atoms with Gasteiger partial charge in [0, 0.05) is 29.6 Å². The lowest BCUT2D eigenvalue weighted by molar-refractivity contribution is -0.284. The van der Waals surface area contributed by atoms with E-state index in [-0.39, 0.29) is 0 Å². The smallest absolute Gasteiger partial charge is 0.239 e. The molecular formula is C18H12O6. The number of aliphatic hydroxyl groups excluding tert-OH is 4. The minimum Gasteiger partial charge on any atom is -0.411 e. The third-order valence-electron chi connectivity index (χ3n) is 2.65. The molecule has 6 heteroatoms. The van der Waals surface area contributed by atoms with E-state index in [0.29, 0.717) is 0 Å². The van der Waals surface area contributed by atoms with Crippen molar-refractivity contribution in [2.45, 2.75) is 30.7 Å². The highest BCUT2D eigenvalue weighted by molar-refractivity contribution is 5.43. The first-order valence-corrected chi connectivity index (χ1v) is 6.53. The molecule has 0 bridgehead atoms. The van der Waals surface area contributed by atoms with Crippen LogP contribution in [-0.4, -0.2) is 57.7 Å². The lowest BCUT2D eigenvalue weighted by Crippen LogP contribution is -2.58. The monoisotopic (exact) mass is 324 g/mol. The molecule has 0 aromatic rings. The van der Waals surface area contributed by atoms with Gasteiger partial charge in [0.2, 0.25) is 6.29 Å². The molecule has 120 valence electrons. The maximum absolute atomic E-state index is 9.68. The van der Waals surface area contributed by atoms with Crippen molar-refractivity contribution in [1.29, 1.82) is 0 Å². The van der Waals surface area contributed by atoms with Gasteiger partial charge in [0.25, 0.3) is 0 Å². The van der Waals surface area contributed by atoms with Crippen molar-refractivity contribution in [3.05, 3.63) is 0 Å². The van der Waals surface area contributed by atoms with Gasteiger partial charge in [0.1, 0.15) is 30.5 Å². The summed E-state index contributed by atoms with van der Waals surface area (Å²) in [6.45, 7) is -0.555. The molecule has 1 aliphatic rings. The van der Waals surface area contributed by atoms with Gasteiger partial charge in [-0.05, 0) is 29.6 Å². The Bertz CT molecular complexity index is 780. The standard InChI is InChI=1S/C18H12O6/c1-2-3-4-5-6-7-8-9-10-11-12-23-18-17(22)16(21)15(20)14(13-19)24-18/h1,14-22H,13H2. The summed E-state index contributed by atoms with van der Waals surface area (Å²) in [5.41, 5.74) is 0. The molecule has 1 rings (SSSR count). The van der Waals surface area contributed by atoms with Gasteiger partial charge in [-0.1, -0.05) is 0 Å². The van der Waals surface area contributed by atoms with Gasteiger partial charge in [-0.15, -0.1) is 6.42 Å². The first kappa shape index (κ1) is 19.0. The zero-order valence-electron chi connectivity index (χ0n) is 12.3. The van der Waals surface area contributed by atoms with Crippen LogP contribution in [0.25, 0.3) is 0 Å². The summed E-state index contributed by atoms with van der Waals surface area (Å²) in [5, 5.41) is 37.8. The molecule has 1 heterocycles. The minimum atomic E-state index is -1.53. The Morgan fingerprint density at radius 1 is 0.792 bits per heavy atom. The van der Waals surface area contributed by atoms with E-state index in [0.717, 1.165) is 0 Å². The van der Waals surface area contributed by atoms with Gasteiger partial charge in [-0.25, -0.2) is 0 Å². The predicted octanol–water partition coefficient (Wildman–Crippen LogP) is -2.59. The van der Waals surface area contributed by atoms with E-state index in [1.807, 2.05) is 0 Å². The fourth-order valence-electron chi connectivity index (χ4n) is 1.53. The molecule has 0 spiro atoms. The van der Waals surface area contributed by atoms with E-state index in [2.05, 4.69) is 65.3 Å². The summed E-state index contributed by atoms with van der Waals surface area (Å²) in [6, 6.07) is 0. The normalized spacial score (nSPS) is 26.7. The summed E-state index contributed by atoms with van der Waals surface area (Å²) >= 11 is 0. The van der Waals surface area contributed by atoms with Crippen LogP contribution in [0, 0.1) is 71.7 Å². The summed E-state index contributed by atoms with van der Waals surface area (Å²) in [6.07, 6.45) is 0.130. The topological polar surface area (TPSA) is 99.4 Å². The molecule has 0 radical (unpaired) electrons. The van der Waals surface area contributed by atoms with Crippen molar-refractivity contribution in [3.8, 4) is 71.7 Å². The highest BCUT2D eigenvalue weighted by atomic mass is 16.7. The molecule has 6 nitrogen and oxygen atoms in total. The second-order valence-electron chi connectivity index (χ2n) is 4.19. The molecule has 0 aromatic heterocycles. The fourth-order valence-corrected chi connectivity index (χ4v) is 1.53. The average Bonchev–Trinajstić information content (AvgIpc) is 2.59. The van der Waals surface area contributed by atoms with Gasteiger partial charge in [-0.2, -0.15) is 0 Å². The van der Waals surface area contributed by atoms with Crippen molar-refractivity contribution in [2.24, 2.45) is 0 Å². The number of aliphatic hydroxyl groups is 4. The molecule has 24 heavy (non-hydrogen) atoms. The van der Waals surface area contributed by atoms with Gasteiger partial charge in [0.05, 0.1) is 6.61 Å². The molecule has 0 amide bonds. The Morgan fingerprint density at radius 3 is 1.88 bits per heavy atom. The second kappa shape index (κ2) is 10.6.